The lowest BCUT2D eigenvalue weighted by molar-refractivity contribution is 0.446. The Labute approximate surface area is 468 Å². The molecule has 0 aliphatic heterocycles. The highest BCUT2D eigenvalue weighted by Crippen LogP contribution is 2.46. The molecule has 398 valence electrons. The van der Waals surface area contributed by atoms with Gasteiger partial charge in [0.1, 0.15) is 11.6 Å². The second-order valence-electron chi connectivity index (χ2n) is 27.1. The fourth-order valence-corrected chi connectivity index (χ4v) is 11.2. The number of imidazole rings is 1. The van der Waals surface area contributed by atoms with Gasteiger partial charge >= 0.3 is 0 Å². The van der Waals surface area contributed by atoms with Gasteiger partial charge < -0.3 is 9.67 Å². The summed E-state index contributed by atoms with van der Waals surface area (Å²) in [6, 6.07) is 64.4. The molecule has 5 heteroatoms. The Balaban J connectivity index is 1.11. The third kappa shape index (κ3) is 9.98. The van der Waals surface area contributed by atoms with Crippen LogP contribution in [0.3, 0.4) is 0 Å². The highest BCUT2D eigenvalue weighted by molar-refractivity contribution is 6.10. The van der Waals surface area contributed by atoms with Crippen molar-refractivity contribution < 1.29 is 5.11 Å². The summed E-state index contributed by atoms with van der Waals surface area (Å²) in [6.45, 7) is 33.8. The van der Waals surface area contributed by atoms with Crippen LogP contribution in [0, 0.1) is 0 Å². The van der Waals surface area contributed by atoms with E-state index in [2.05, 4.69) is 289 Å². The van der Waals surface area contributed by atoms with Gasteiger partial charge in [-0.05, 0) is 150 Å². The van der Waals surface area contributed by atoms with Gasteiger partial charge in [0.05, 0.1) is 33.3 Å². The molecule has 0 aliphatic rings. The predicted octanol–water partition coefficient (Wildman–Crippen LogP) is 20.0. The quantitative estimate of drug-likeness (QED) is 0.173. The number of benzene rings is 8. The van der Waals surface area contributed by atoms with E-state index in [1.54, 1.807) is 0 Å². The molecule has 79 heavy (non-hydrogen) atoms. The molecule has 3 heterocycles. The molecule has 11 rings (SSSR count). The van der Waals surface area contributed by atoms with Crippen LogP contribution in [0.4, 0.5) is 0 Å². The zero-order valence-corrected chi connectivity index (χ0v) is 49.1. The topological polar surface area (TPSA) is 55.9 Å². The summed E-state index contributed by atoms with van der Waals surface area (Å²) in [5.41, 5.74) is 20.4. The van der Waals surface area contributed by atoms with Crippen molar-refractivity contribution in [3.05, 3.63) is 210 Å². The molecular formula is C74H76N4O. The van der Waals surface area contributed by atoms with Crippen molar-refractivity contribution in [3.63, 3.8) is 0 Å². The molecule has 0 radical (unpaired) electrons. The van der Waals surface area contributed by atoms with E-state index in [0.717, 1.165) is 78.1 Å². The normalized spacial score (nSPS) is 12.8. The maximum absolute atomic E-state index is 12.7. The molecule has 0 atom stereocenters. The van der Waals surface area contributed by atoms with Gasteiger partial charge in [0, 0.05) is 45.0 Å². The minimum Gasteiger partial charge on any atom is -0.507 e. The van der Waals surface area contributed by atoms with E-state index >= 15 is 0 Å². The molecule has 8 aromatic carbocycles. The molecule has 0 saturated heterocycles. The summed E-state index contributed by atoms with van der Waals surface area (Å²) in [5, 5.41) is 15.1. The molecule has 0 spiro atoms. The van der Waals surface area contributed by atoms with E-state index < -0.39 is 0 Å². The monoisotopic (exact) mass is 1040 g/mol. The van der Waals surface area contributed by atoms with Gasteiger partial charge in [-0.15, -0.1) is 0 Å². The zero-order chi connectivity index (χ0) is 56.1. The van der Waals surface area contributed by atoms with Crippen molar-refractivity contribution in [3.8, 4) is 73.2 Å². The van der Waals surface area contributed by atoms with Gasteiger partial charge in [0.15, 0.2) is 0 Å². The molecule has 3 aromatic heterocycles. The first-order chi connectivity index (χ1) is 37.2. The van der Waals surface area contributed by atoms with Crippen LogP contribution in [-0.4, -0.2) is 24.2 Å². The maximum atomic E-state index is 12.7. The van der Waals surface area contributed by atoms with Crippen LogP contribution >= 0.6 is 0 Å². The largest absolute Gasteiger partial charge is 0.507 e. The Morgan fingerprint density at radius 3 is 1.61 bits per heavy atom. The van der Waals surface area contributed by atoms with E-state index in [9.17, 15) is 5.11 Å². The van der Waals surface area contributed by atoms with Gasteiger partial charge in [0.2, 0.25) is 0 Å². The summed E-state index contributed by atoms with van der Waals surface area (Å²) in [4.78, 5) is 10.9. The average Bonchev–Trinajstić information content (AvgIpc) is 4.20. The first-order valence-corrected chi connectivity index (χ1v) is 28.1. The van der Waals surface area contributed by atoms with Gasteiger partial charge in [-0.3, -0.25) is 9.55 Å². The molecule has 11 aromatic rings. The Morgan fingerprint density at radius 2 is 0.924 bits per heavy atom. The number of para-hydroxylation sites is 2. The number of nitrogens with zero attached hydrogens (tertiary/aromatic N) is 4. The average molecular weight is 1040 g/mol. The number of hydrogen-bond acceptors (Lipinski definition) is 3. The van der Waals surface area contributed by atoms with E-state index in [1.807, 2.05) is 6.20 Å². The van der Waals surface area contributed by atoms with E-state index in [0.29, 0.717) is 5.82 Å². The van der Waals surface area contributed by atoms with Crippen molar-refractivity contribution in [1.82, 2.24) is 19.1 Å². The number of fused-ring (bicyclic) bond motifs is 4. The van der Waals surface area contributed by atoms with Crippen molar-refractivity contribution in [1.29, 1.82) is 0 Å². The lowest BCUT2D eigenvalue weighted by Crippen LogP contribution is -2.18. The number of rotatable bonds is 7. The summed E-state index contributed by atoms with van der Waals surface area (Å²) in [7, 11) is 0. The summed E-state index contributed by atoms with van der Waals surface area (Å²) in [6.07, 6.45) is 1.95. The summed E-state index contributed by atoms with van der Waals surface area (Å²) in [5.74, 6) is 0.978. The van der Waals surface area contributed by atoms with Crippen LogP contribution < -0.4 is 0 Å². The van der Waals surface area contributed by atoms with Crippen LogP contribution in [0.25, 0.3) is 100 Å². The molecule has 5 nitrogen and oxygen atoms in total. The third-order valence-corrected chi connectivity index (χ3v) is 16.0. The lowest BCUT2D eigenvalue weighted by Gasteiger charge is -2.28. The number of pyridine rings is 1. The first-order valence-electron chi connectivity index (χ1n) is 28.1. The van der Waals surface area contributed by atoms with Crippen molar-refractivity contribution in [2.24, 2.45) is 0 Å². The Hall–Kier alpha value is -8.02. The van der Waals surface area contributed by atoms with Crippen LogP contribution in [0.2, 0.25) is 0 Å². The highest BCUT2D eigenvalue weighted by Gasteiger charge is 2.30. The Bertz CT molecular complexity index is 4120. The summed E-state index contributed by atoms with van der Waals surface area (Å²) < 4.78 is 4.72. The van der Waals surface area contributed by atoms with E-state index in [1.165, 1.54) is 44.1 Å². The van der Waals surface area contributed by atoms with Crippen LogP contribution in [0.15, 0.2) is 182 Å². The third-order valence-electron chi connectivity index (χ3n) is 16.0. The maximum Gasteiger partial charge on any atom is 0.149 e. The smallest absolute Gasteiger partial charge is 0.149 e. The molecule has 0 amide bonds. The van der Waals surface area contributed by atoms with Gasteiger partial charge in [-0.2, -0.15) is 0 Å². The van der Waals surface area contributed by atoms with Gasteiger partial charge in [-0.25, -0.2) is 4.98 Å². The standard InChI is InChI=1S/C74H76N4O/c1-70(2,3)52-36-50(35-51(37-52)63-39-49(33-34-75-63)48-31-32-60-59-27-19-20-29-64(59)77(66(60)40-48)56-26-21-25-47(38-56)46-23-17-16-18-24-46)58-28-22-30-65-67(58)76-69(61-44-55(73(10,11)12)45-62(68(61)79)74(13,14)15)78(65)57-42-53(71(4,5)6)41-54(43-57)72(7,8)9/h16-45,79H,1-15H3. The number of aromatic hydroxyl groups is 1. The summed E-state index contributed by atoms with van der Waals surface area (Å²) >= 11 is 0. The second-order valence-corrected chi connectivity index (χ2v) is 27.1. The molecular weight excluding hydrogens is 961 g/mol. The fourth-order valence-electron chi connectivity index (χ4n) is 11.2. The van der Waals surface area contributed by atoms with Crippen molar-refractivity contribution in [2.45, 2.75) is 131 Å². The molecule has 0 fully saturated rings. The van der Waals surface area contributed by atoms with E-state index in [-0.39, 0.29) is 32.8 Å². The zero-order valence-electron chi connectivity index (χ0n) is 49.1. The number of aromatic nitrogens is 4. The minimum atomic E-state index is -0.328. The molecule has 0 unspecified atom stereocenters. The van der Waals surface area contributed by atoms with E-state index in [4.69, 9.17) is 9.97 Å². The molecule has 0 bridgehead atoms. The van der Waals surface area contributed by atoms with Gasteiger partial charge in [-0.1, -0.05) is 207 Å². The van der Waals surface area contributed by atoms with Crippen LogP contribution in [-0.2, 0) is 27.1 Å². The highest BCUT2D eigenvalue weighted by atomic mass is 16.3. The Kier molecular flexibility index (Phi) is 12.8. The first kappa shape index (κ1) is 53.0. The SMILES string of the molecule is CC(C)(C)c1cc(-c2cc(-c3ccc4c5ccccc5n(-c5cccc(-c6ccccc6)c5)c4c3)ccn2)cc(-c2cccc3c2nc(-c2cc(C(C)(C)C)cc(C(C)(C)C)c2O)n3-c2cc(C(C)(C)C)cc(C(C)(C)C)c2)c1. The van der Waals surface area contributed by atoms with Crippen LogP contribution in [0.5, 0.6) is 5.75 Å². The minimum absolute atomic E-state index is 0.122. The number of phenols is 1. The lowest BCUT2D eigenvalue weighted by atomic mass is 9.78. The fraction of sp³-hybridized carbons (Fsp3) is 0.270. The molecule has 1 N–H and O–H groups in total. The number of hydrogen-bond donors (Lipinski definition) is 1. The van der Waals surface area contributed by atoms with Crippen molar-refractivity contribution in [2.75, 3.05) is 0 Å². The predicted molar refractivity (Wildman–Crippen MR) is 336 cm³/mol. The van der Waals surface area contributed by atoms with Crippen molar-refractivity contribution >= 4 is 32.8 Å². The molecule has 0 saturated carbocycles. The van der Waals surface area contributed by atoms with Gasteiger partial charge in [0.25, 0.3) is 0 Å². The number of phenolic OH excluding ortho intramolecular Hbond substituents is 1. The molecule has 0 aliphatic carbocycles. The van der Waals surface area contributed by atoms with Crippen LogP contribution in [0.1, 0.15) is 132 Å². The Morgan fingerprint density at radius 1 is 0.354 bits per heavy atom. The second kappa shape index (κ2) is 19.1.